The van der Waals surface area contributed by atoms with E-state index in [-0.39, 0.29) is 5.91 Å². The highest BCUT2D eigenvalue weighted by molar-refractivity contribution is 5.86. The van der Waals surface area contributed by atoms with Crippen LogP contribution in [-0.2, 0) is 15.2 Å². The minimum absolute atomic E-state index is 0.184. The fraction of sp³-hybridized carbons (Fsp3) is 0.417. The fourth-order valence-corrected chi connectivity index (χ4v) is 1.77. The van der Waals surface area contributed by atoms with Crippen molar-refractivity contribution in [3.63, 3.8) is 0 Å². The molecule has 1 amide bonds. The van der Waals surface area contributed by atoms with Crippen molar-refractivity contribution in [3.05, 3.63) is 35.9 Å². The average molecular weight is 220 g/mol. The molecular formula is C12H16N2O2. The molecule has 1 atom stereocenters. The van der Waals surface area contributed by atoms with Gasteiger partial charge in [0.1, 0.15) is 5.54 Å². The topological polar surface area (TPSA) is 55.6 Å². The van der Waals surface area contributed by atoms with E-state index in [1.807, 2.05) is 30.3 Å². The van der Waals surface area contributed by atoms with Gasteiger partial charge in [-0.05, 0) is 18.9 Å². The van der Waals surface area contributed by atoms with E-state index in [0.29, 0.717) is 13.2 Å². The molecule has 2 N–H and O–H groups in total. The number of hydrogen-bond acceptors (Lipinski definition) is 3. The van der Waals surface area contributed by atoms with Gasteiger partial charge in [-0.1, -0.05) is 30.3 Å². The molecule has 4 nitrogen and oxygen atoms in total. The third-order valence-corrected chi connectivity index (χ3v) is 2.80. The SMILES string of the molecule is CC(N)(C(=O)N1CCCO1)c1ccccc1. The molecule has 1 fully saturated rings. The van der Waals surface area contributed by atoms with Gasteiger partial charge >= 0.3 is 0 Å². The molecule has 86 valence electrons. The number of rotatable bonds is 2. The van der Waals surface area contributed by atoms with Crippen LogP contribution < -0.4 is 5.73 Å². The van der Waals surface area contributed by atoms with Crippen LogP contribution in [0.1, 0.15) is 18.9 Å². The molecule has 1 aromatic rings. The lowest BCUT2D eigenvalue weighted by Gasteiger charge is -2.28. The number of carbonyl (C=O) groups excluding carboxylic acids is 1. The van der Waals surface area contributed by atoms with Crippen LogP contribution in [0.4, 0.5) is 0 Å². The first-order valence-corrected chi connectivity index (χ1v) is 5.41. The summed E-state index contributed by atoms with van der Waals surface area (Å²) in [5.74, 6) is -0.184. The highest BCUT2D eigenvalue weighted by Crippen LogP contribution is 2.22. The van der Waals surface area contributed by atoms with Crippen LogP contribution in [-0.4, -0.2) is 24.1 Å². The number of hydrogen-bond donors (Lipinski definition) is 1. The van der Waals surface area contributed by atoms with Crippen LogP contribution in [0.15, 0.2) is 30.3 Å². The molecule has 0 spiro atoms. The summed E-state index contributed by atoms with van der Waals surface area (Å²) in [4.78, 5) is 17.4. The van der Waals surface area contributed by atoms with E-state index in [1.165, 1.54) is 5.06 Å². The fourth-order valence-electron chi connectivity index (χ4n) is 1.77. The maximum atomic E-state index is 12.1. The Morgan fingerprint density at radius 1 is 1.44 bits per heavy atom. The smallest absolute Gasteiger partial charge is 0.270 e. The summed E-state index contributed by atoms with van der Waals surface area (Å²) in [7, 11) is 0. The molecular weight excluding hydrogens is 204 g/mol. The van der Waals surface area contributed by atoms with Crippen molar-refractivity contribution in [2.24, 2.45) is 5.73 Å². The number of amides is 1. The van der Waals surface area contributed by atoms with E-state index < -0.39 is 5.54 Å². The summed E-state index contributed by atoms with van der Waals surface area (Å²) < 4.78 is 0. The standard InChI is InChI=1S/C12H16N2O2/c1-12(13,10-6-3-2-4-7-10)11(15)14-8-5-9-16-14/h2-4,6-7H,5,8-9,13H2,1H3. The summed E-state index contributed by atoms with van der Waals surface area (Å²) in [6.07, 6.45) is 0.872. The van der Waals surface area contributed by atoms with Crippen molar-refractivity contribution in [2.75, 3.05) is 13.2 Å². The molecule has 0 bridgehead atoms. The van der Waals surface area contributed by atoms with Crippen LogP contribution in [0.3, 0.4) is 0 Å². The molecule has 2 rings (SSSR count). The summed E-state index contributed by atoms with van der Waals surface area (Å²) in [6.45, 7) is 2.93. The van der Waals surface area contributed by atoms with Crippen molar-refractivity contribution in [3.8, 4) is 0 Å². The Bertz CT molecular complexity index is 370. The molecule has 16 heavy (non-hydrogen) atoms. The molecule has 1 aromatic carbocycles. The van der Waals surface area contributed by atoms with Crippen molar-refractivity contribution in [1.82, 2.24) is 5.06 Å². The van der Waals surface area contributed by atoms with Gasteiger partial charge in [-0.25, -0.2) is 5.06 Å². The zero-order valence-electron chi connectivity index (χ0n) is 9.35. The molecule has 1 saturated heterocycles. The van der Waals surface area contributed by atoms with Crippen LogP contribution in [0.5, 0.6) is 0 Å². The van der Waals surface area contributed by atoms with Crippen LogP contribution in [0, 0.1) is 0 Å². The number of benzene rings is 1. The highest BCUT2D eigenvalue weighted by atomic mass is 16.7. The Morgan fingerprint density at radius 2 is 2.12 bits per heavy atom. The Morgan fingerprint density at radius 3 is 2.69 bits per heavy atom. The van der Waals surface area contributed by atoms with Gasteiger partial charge in [0.25, 0.3) is 5.91 Å². The van der Waals surface area contributed by atoms with E-state index in [1.54, 1.807) is 6.92 Å². The van der Waals surface area contributed by atoms with Crippen LogP contribution in [0.2, 0.25) is 0 Å². The van der Waals surface area contributed by atoms with Gasteiger partial charge in [-0.3, -0.25) is 9.63 Å². The molecule has 0 aromatic heterocycles. The van der Waals surface area contributed by atoms with Gasteiger partial charge in [-0.2, -0.15) is 0 Å². The molecule has 1 heterocycles. The first-order valence-electron chi connectivity index (χ1n) is 5.41. The van der Waals surface area contributed by atoms with Crippen molar-refractivity contribution >= 4 is 5.91 Å². The summed E-state index contributed by atoms with van der Waals surface area (Å²) in [5.41, 5.74) is 5.87. The second-order valence-electron chi connectivity index (χ2n) is 4.16. The van der Waals surface area contributed by atoms with Crippen molar-refractivity contribution in [2.45, 2.75) is 18.9 Å². The van der Waals surface area contributed by atoms with Gasteiger partial charge in [0.15, 0.2) is 0 Å². The lowest BCUT2D eigenvalue weighted by molar-refractivity contribution is -0.174. The van der Waals surface area contributed by atoms with E-state index >= 15 is 0 Å². The number of nitrogens with zero attached hydrogens (tertiary/aromatic N) is 1. The number of carbonyl (C=O) groups is 1. The third-order valence-electron chi connectivity index (χ3n) is 2.80. The van der Waals surface area contributed by atoms with Crippen LogP contribution >= 0.6 is 0 Å². The van der Waals surface area contributed by atoms with E-state index in [9.17, 15) is 4.79 Å². The predicted octanol–water partition coefficient (Wildman–Crippen LogP) is 1.02. The van der Waals surface area contributed by atoms with Crippen molar-refractivity contribution < 1.29 is 9.63 Å². The molecule has 1 aliphatic rings. The number of hydroxylamine groups is 2. The molecule has 1 unspecified atom stereocenters. The molecule has 0 saturated carbocycles. The summed E-state index contributed by atoms with van der Waals surface area (Å²) >= 11 is 0. The largest absolute Gasteiger partial charge is 0.314 e. The summed E-state index contributed by atoms with van der Waals surface area (Å²) in [6, 6.07) is 9.36. The maximum Gasteiger partial charge on any atom is 0.270 e. The van der Waals surface area contributed by atoms with Crippen molar-refractivity contribution in [1.29, 1.82) is 0 Å². The average Bonchev–Trinajstić information content (AvgIpc) is 2.82. The van der Waals surface area contributed by atoms with E-state index in [0.717, 1.165) is 12.0 Å². The lowest BCUT2D eigenvalue weighted by atomic mass is 9.92. The molecule has 0 radical (unpaired) electrons. The zero-order chi connectivity index (χ0) is 11.6. The molecule has 0 aliphatic carbocycles. The lowest BCUT2D eigenvalue weighted by Crippen LogP contribution is -2.49. The zero-order valence-corrected chi connectivity index (χ0v) is 9.35. The Labute approximate surface area is 94.9 Å². The van der Waals surface area contributed by atoms with Gasteiger partial charge in [-0.15, -0.1) is 0 Å². The molecule has 4 heteroatoms. The normalized spacial score (nSPS) is 19.5. The first-order chi connectivity index (χ1) is 7.62. The van der Waals surface area contributed by atoms with E-state index in [2.05, 4.69) is 0 Å². The quantitative estimate of drug-likeness (QED) is 0.809. The van der Waals surface area contributed by atoms with Crippen LogP contribution in [0.25, 0.3) is 0 Å². The predicted molar refractivity (Wildman–Crippen MR) is 60.3 cm³/mol. The minimum Gasteiger partial charge on any atom is -0.314 e. The Kier molecular flexibility index (Phi) is 2.94. The van der Waals surface area contributed by atoms with Gasteiger partial charge in [0, 0.05) is 0 Å². The van der Waals surface area contributed by atoms with Gasteiger partial charge in [0.05, 0.1) is 13.2 Å². The number of nitrogens with two attached hydrogens (primary N) is 1. The first kappa shape index (κ1) is 11.1. The maximum absolute atomic E-state index is 12.1. The summed E-state index contributed by atoms with van der Waals surface area (Å²) in [5, 5.41) is 1.37. The minimum atomic E-state index is -1.02. The second-order valence-corrected chi connectivity index (χ2v) is 4.16. The Balaban J connectivity index is 2.21. The van der Waals surface area contributed by atoms with Gasteiger partial charge < -0.3 is 5.73 Å². The van der Waals surface area contributed by atoms with Gasteiger partial charge in [0.2, 0.25) is 0 Å². The third kappa shape index (κ3) is 1.94. The monoisotopic (exact) mass is 220 g/mol. The highest BCUT2D eigenvalue weighted by Gasteiger charge is 2.36. The van der Waals surface area contributed by atoms with E-state index in [4.69, 9.17) is 10.6 Å². The Hall–Kier alpha value is -1.39. The molecule has 1 aliphatic heterocycles. The second kappa shape index (κ2) is 4.23.